The van der Waals surface area contributed by atoms with Crippen LogP contribution in [0.15, 0.2) is 41.4 Å². The number of benzene rings is 1. The Hall–Kier alpha value is -2.16. The zero-order valence-electron chi connectivity index (χ0n) is 13.8. The molecule has 1 aromatic carbocycles. The van der Waals surface area contributed by atoms with Crippen LogP contribution in [0.2, 0.25) is 0 Å². The monoisotopic (exact) mass is 351 g/mol. The molecule has 1 amide bonds. The van der Waals surface area contributed by atoms with Crippen molar-refractivity contribution >= 4 is 21.6 Å². The lowest BCUT2D eigenvalue weighted by Gasteiger charge is -2.15. The number of aliphatic hydroxyl groups excluding tert-OH is 1. The second-order valence-electron chi connectivity index (χ2n) is 5.57. The number of anilines is 1. The molecule has 130 valence electrons. The highest BCUT2D eigenvalue weighted by Crippen LogP contribution is 2.20. The van der Waals surface area contributed by atoms with E-state index in [1.165, 1.54) is 19.1 Å². The molecular weight excluding hydrogens is 330 g/mol. The fraction of sp³-hybridized carbons (Fsp3) is 0.312. The third-order valence-corrected chi connectivity index (χ3v) is 5.16. The van der Waals surface area contributed by atoms with Gasteiger partial charge in [0.2, 0.25) is 15.9 Å². The molecule has 24 heavy (non-hydrogen) atoms. The first kappa shape index (κ1) is 18.2. The summed E-state index contributed by atoms with van der Waals surface area (Å²) in [5, 5.41) is 12.7. The van der Waals surface area contributed by atoms with Gasteiger partial charge in [-0.3, -0.25) is 4.79 Å². The van der Waals surface area contributed by atoms with Gasteiger partial charge in [0, 0.05) is 38.1 Å². The predicted molar refractivity (Wildman–Crippen MR) is 91.0 cm³/mol. The molecule has 0 spiro atoms. The normalized spacial score (nSPS) is 12.8. The number of aryl methyl sites for hydroxylation is 2. The molecule has 1 unspecified atom stereocenters. The molecule has 0 aliphatic heterocycles. The van der Waals surface area contributed by atoms with E-state index in [-0.39, 0.29) is 17.3 Å². The number of nitrogens with one attached hydrogen (secondary N) is 2. The molecule has 8 heteroatoms. The maximum atomic E-state index is 12.4. The zero-order chi connectivity index (χ0) is 17.9. The van der Waals surface area contributed by atoms with Crippen molar-refractivity contribution in [3.05, 3.63) is 47.8 Å². The minimum absolute atomic E-state index is 0.107. The van der Waals surface area contributed by atoms with Crippen molar-refractivity contribution in [3.63, 3.8) is 0 Å². The summed E-state index contributed by atoms with van der Waals surface area (Å²) in [7, 11) is -1.99. The molecule has 7 nitrogen and oxygen atoms in total. The van der Waals surface area contributed by atoms with E-state index in [9.17, 15) is 18.3 Å². The van der Waals surface area contributed by atoms with E-state index in [0.29, 0.717) is 16.9 Å². The number of sulfonamides is 1. The summed E-state index contributed by atoms with van der Waals surface area (Å²) in [6.45, 7) is 2.90. The van der Waals surface area contributed by atoms with Crippen LogP contribution in [0.25, 0.3) is 0 Å². The van der Waals surface area contributed by atoms with Crippen molar-refractivity contribution in [2.75, 3.05) is 11.9 Å². The lowest BCUT2D eigenvalue weighted by molar-refractivity contribution is -0.114. The average Bonchev–Trinajstić information content (AvgIpc) is 2.90. The Morgan fingerprint density at radius 2 is 2.04 bits per heavy atom. The summed E-state index contributed by atoms with van der Waals surface area (Å²) in [5.74, 6) is -0.228. The highest BCUT2D eigenvalue weighted by Gasteiger charge is 2.20. The quantitative estimate of drug-likeness (QED) is 0.730. The van der Waals surface area contributed by atoms with E-state index in [4.69, 9.17) is 0 Å². The molecule has 0 saturated heterocycles. The molecule has 2 aromatic rings. The molecule has 0 aliphatic rings. The molecule has 1 heterocycles. The third-order valence-electron chi connectivity index (χ3n) is 3.58. The maximum Gasteiger partial charge on any atom is 0.240 e. The van der Waals surface area contributed by atoms with Crippen LogP contribution in [0, 0.1) is 6.92 Å². The molecule has 1 atom stereocenters. The molecule has 3 N–H and O–H groups in total. The standard InChI is InChI=1S/C16H21N3O4S/c1-11-9-13(18-12(2)20)6-7-16(11)24(22,23)17-10-15(21)14-5-4-8-19(14)3/h4-9,15,17,21H,10H2,1-3H3,(H,18,20). The van der Waals surface area contributed by atoms with E-state index in [1.807, 2.05) is 0 Å². The molecule has 0 fully saturated rings. The van der Waals surface area contributed by atoms with Crippen molar-refractivity contribution < 1.29 is 18.3 Å². The van der Waals surface area contributed by atoms with Gasteiger partial charge >= 0.3 is 0 Å². The number of aromatic nitrogens is 1. The van der Waals surface area contributed by atoms with Crippen LogP contribution >= 0.6 is 0 Å². The Morgan fingerprint density at radius 1 is 1.33 bits per heavy atom. The molecule has 1 aromatic heterocycles. The van der Waals surface area contributed by atoms with Gasteiger partial charge in [-0.2, -0.15) is 0 Å². The van der Waals surface area contributed by atoms with Crippen LogP contribution in [0.3, 0.4) is 0 Å². The van der Waals surface area contributed by atoms with Crippen LogP contribution in [0.4, 0.5) is 5.69 Å². The van der Waals surface area contributed by atoms with Crippen LogP contribution in [-0.4, -0.2) is 30.5 Å². The number of rotatable bonds is 6. The van der Waals surface area contributed by atoms with Gasteiger partial charge in [0.25, 0.3) is 0 Å². The van der Waals surface area contributed by atoms with Gasteiger partial charge in [-0.25, -0.2) is 13.1 Å². The number of aliphatic hydroxyl groups is 1. The number of hydrogen-bond acceptors (Lipinski definition) is 4. The number of amides is 1. The van der Waals surface area contributed by atoms with Gasteiger partial charge in [-0.1, -0.05) is 0 Å². The van der Waals surface area contributed by atoms with Crippen LogP contribution in [0.1, 0.15) is 24.3 Å². The largest absolute Gasteiger partial charge is 0.386 e. The smallest absolute Gasteiger partial charge is 0.240 e. The Labute approximate surface area is 141 Å². The van der Waals surface area contributed by atoms with Gasteiger partial charge in [0.1, 0.15) is 6.10 Å². The predicted octanol–water partition coefficient (Wildman–Crippen LogP) is 1.30. The highest BCUT2D eigenvalue weighted by atomic mass is 32.2. The zero-order valence-corrected chi connectivity index (χ0v) is 14.6. The van der Waals surface area contributed by atoms with Gasteiger partial charge in [-0.15, -0.1) is 0 Å². The Morgan fingerprint density at radius 3 is 2.58 bits per heavy atom. The minimum Gasteiger partial charge on any atom is -0.386 e. The van der Waals surface area contributed by atoms with Crippen LogP contribution in [-0.2, 0) is 21.9 Å². The summed E-state index contributed by atoms with van der Waals surface area (Å²) >= 11 is 0. The van der Waals surface area contributed by atoms with E-state index < -0.39 is 16.1 Å². The topological polar surface area (TPSA) is 100 Å². The Bertz CT molecular complexity index is 843. The summed E-state index contributed by atoms with van der Waals surface area (Å²) in [5.41, 5.74) is 1.65. The lowest BCUT2D eigenvalue weighted by Crippen LogP contribution is -2.29. The molecule has 2 rings (SSSR count). The minimum atomic E-state index is -3.77. The van der Waals surface area contributed by atoms with Crippen molar-refractivity contribution in [2.24, 2.45) is 7.05 Å². The molecule has 0 radical (unpaired) electrons. The van der Waals surface area contributed by atoms with Crippen molar-refractivity contribution in [2.45, 2.75) is 24.8 Å². The van der Waals surface area contributed by atoms with Gasteiger partial charge in [-0.05, 0) is 42.8 Å². The number of carbonyl (C=O) groups excluding carboxylic acids is 1. The van der Waals surface area contributed by atoms with Crippen LogP contribution < -0.4 is 10.0 Å². The van der Waals surface area contributed by atoms with Gasteiger partial charge < -0.3 is 15.0 Å². The molecule has 0 saturated carbocycles. The molecule has 0 bridgehead atoms. The first-order valence-electron chi connectivity index (χ1n) is 7.38. The number of carbonyl (C=O) groups is 1. The Balaban J connectivity index is 2.13. The summed E-state index contributed by atoms with van der Waals surface area (Å²) in [4.78, 5) is 11.2. The van der Waals surface area contributed by atoms with Crippen molar-refractivity contribution in [3.8, 4) is 0 Å². The first-order valence-corrected chi connectivity index (χ1v) is 8.86. The highest BCUT2D eigenvalue weighted by molar-refractivity contribution is 7.89. The van der Waals surface area contributed by atoms with Gasteiger partial charge in [0.05, 0.1) is 4.90 Å². The summed E-state index contributed by atoms with van der Waals surface area (Å²) < 4.78 is 29.0. The van der Waals surface area contributed by atoms with E-state index in [2.05, 4.69) is 10.0 Å². The van der Waals surface area contributed by atoms with E-state index in [1.54, 1.807) is 42.9 Å². The third kappa shape index (κ3) is 4.22. The molecular formula is C16H21N3O4S. The summed E-state index contributed by atoms with van der Waals surface area (Å²) in [6, 6.07) is 8.04. The average molecular weight is 351 g/mol. The van der Waals surface area contributed by atoms with Crippen molar-refractivity contribution in [1.29, 1.82) is 0 Å². The SMILES string of the molecule is CC(=O)Nc1ccc(S(=O)(=O)NCC(O)c2cccn2C)c(C)c1. The second kappa shape index (κ2) is 7.16. The van der Waals surface area contributed by atoms with Crippen molar-refractivity contribution in [1.82, 2.24) is 9.29 Å². The lowest BCUT2D eigenvalue weighted by atomic mass is 10.2. The van der Waals surface area contributed by atoms with Gasteiger partial charge in [0.15, 0.2) is 0 Å². The van der Waals surface area contributed by atoms with E-state index in [0.717, 1.165) is 0 Å². The van der Waals surface area contributed by atoms with Crippen LogP contribution in [0.5, 0.6) is 0 Å². The Kier molecular flexibility index (Phi) is 5.43. The fourth-order valence-corrected chi connectivity index (χ4v) is 3.69. The maximum absolute atomic E-state index is 12.4. The fourth-order valence-electron chi connectivity index (χ4n) is 2.42. The number of hydrogen-bond donors (Lipinski definition) is 3. The van der Waals surface area contributed by atoms with E-state index >= 15 is 0 Å². The summed E-state index contributed by atoms with van der Waals surface area (Å²) in [6.07, 6.45) is 0.830. The second-order valence-corrected chi connectivity index (χ2v) is 7.31. The first-order chi connectivity index (χ1) is 11.2. The number of nitrogens with zero attached hydrogens (tertiary/aromatic N) is 1. The molecule has 0 aliphatic carbocycles.